The average Bonchev–Trinajstić information content (AvgIpc) is 2.47. The number of hydrogen-bond donors (Lipinski definition) is 1. The minimum atomic E-state index is 0.850. The molecule has 3 rings (SSSR count). The van der Waals surface area contributed by atoms with Crippen LogP contribution in [-0.2, 0) is 13.0 Å². The zero-order valence-corrected chi connectivity index (χ0v) is 11.8. The second-order valence-corrected chi connectivity index (χ2v) is 5.23. The summed E-state index contributed by atoms with van der Waals surface area (Å²) < 4.78 is 5.45. The SMILES string of the molecule is COc1ccccc1CN1CCCc2cc(N)ccc21. The summed E-state index contributed by atoms with van der Waals surface area (Å²) in [7, 11) is 1.73. The van der Waals surface area contributed by atoms with E-state index in [1.807, 2.05) is 18.2 Å². The van der Waals surface area contributed by atoms with Gasteiger partial charge in [-0.15, -0.1) is 0 Å². The van der Waals surface area contributed by atoms with Crippen LogP contribution >= 0.6 is 0 Å². The molecular weight excluding hydrogens is 248 g/mol. The van der Waals surface area contributed by atoms with Crippen molar-refractivity contribution in [1.29, 1.82) is 0 Å². The van der Waals surface area contributed by atoms with Crippen molar-refractivity contribution in [2.24, 2.45) is 0 Å². The quantitative estimate of drug-likeness (QED) is 0.869. The fourth-order valence-electron chi connectivity index (χ4n) is 2.90. The third-order valence-corrected chi connectivity index (χ3v) is 3.87. The molecule has 20 heavy (non-hydrogen) atoms. The van der Waals surface area contributed by atoms with Crippen LogP contribution in [0.15, 0.2) is 42.5 Å². The Kier molecular flexibility index (Phi) is 3.50. The predicted octanol–water partition coefficient (Wildman–Crippen LogP) is 3.23. The first-order chi connectivity index (χ1) is 9.78. The van der Waals surface area contributed by atoms with Gasteiger partial charge in [0.05, 0.1) is 7.11 Å². The first-order valence-electron chi connectivity index (χ1n) is 7.03. The lowest BCUT2D eigenvalue weighted by Gasteiger charge is -2.32. The summed E-state index contributed by atoms with van der Waals surface area (Å²) in [5.74, 6) is 0.954. The summed E-state index contributed by atoms with van der Waals surface area (Å²) in [6.45, 7) is 1.95. The molecule has 0 amide bonds. The Bertz CT molecular complexity index is 610. The van der Waals surface area contributed by atoms with Crippen molar-refractivity contribution in [3.63, 3.8) is 0 Å². The van der Waals surface area contributed by atoms with Gasteiger partial charge in [-0.3, -0.25) is 0 Å². The number of nitrogen functional groups attached to an aromatic ring is 1. The zero-order chi connectivity index (χ0) is 13.9. The molecule has 0 unspecified atom stereocenters. The van der Waals surface area contributed by atoms with E-state index in [9.17, 15) is 0 Å². The Morgan fingerprint density at radius 3 is 2.90 bits per heavy atom. The molecule has 104 valence electrons. The van der Waals surface area contributed by atoms with Crippen LogP contribution in [0, 0.1) is 0 Å². The van der Waals surface area contributed by atoms with E-state index in [1.165, 1.54) is 23.2 Å². The third kappa shape index (κ3) is 2.44. The van der Waals surface area contributed by atoms with Gasteiger partial charge in [-0.25, -0.2) is 0 Å². The van der Waals surface area contributed by atoms with Crippen LogP contribution in [0.4, 0.5) is 11.4 Å². The van der Waals surface area contributed by atoms with Crippen molar-refractivity contribution in [1.82, 2.24) is 0 Å². The minimum Gasteiger partial charge on any atom is -0.496 e. The van der Waals surface area contributed by atoms with Crippen molar-refractivity contribution >= 4 is 11.4 Å². The number of rotatable bonds is 3. The van der Waals surface area contributed by atoms with Gasteiger partial charge in [0.25, 0.3) is 0 Å². The lowest BCUT2D eigenvalue weighted by Crippen LogP contribution is -2.29. The topological polar surface area (TPSA) is 38.5 Å². The van der Waals surface area contributed by atoms with E-state index < -0.39 is 0 Å². The molecule has 0 bridgehead atoms. The largest absolute Gasteiger partial charge is 0.496 e. The summed E-state index contributed by atoms with van der Waals surface area (Å²) in [5, 5.41) is 0. The van der Waals surface area contributed by atoms with Gasteiger partial charge in [0.2, 0.25) is 0 Å². The van der Waals surface area contributed by atoms with Gasteiger partial charge >= 0.3 is 0 Å². The Balaban J connectivity index is 1.89. The monoisotopic (exact) mass is 268 g/mol. The second-order valence-electron chi connectivity index (χ2n) is 5.23. The molecule has 0 spiro atoms. The van der Waals surface area contributed by atoms with E-state index in [0.717, 1.165) is 30.9 Å². The van der Waals surface area contributed by atoms with Crippen molar-refractivity contribution in [3.05, 3.63) is 53.6 Å². The smallest absolute Gasteiger partial charge is 0.123 e. The Morgan fingerprint density at radius 2 is 2.05 bits per heavy atom. The van der Waals surface area contributed by atoms with Gasteiger partial charge in [-0.05, 0) is 42.7 Å². The molecule has 3 nitrogen and oxygen atoms in total. The van der Waals surface area contributed by atoms with Crippen LogP contribution in [0.25, 0.3) is 0 Å². The number of methoxy groups -OCH3 is 1. The number of aryl methyl sites for hydroxylation is 1. The number of hydrogen-bond acceptors (Lipinski definition) is 3. The highest BCUT2D eigenvalue weighted by atomic mass is 16.5. The summed E-state index contributed by atoms with van der Waals surface area (Å²) in [4.78, 5) is 2.41. The van der Waals surface area contributed by atoms with Crippen LogP contribution in [0.1, 0.15) is 17.5 Å². The van der Waals surface area contributed by atoms with E-state index in [1.54, 1.807) is 7.11 Å². The fourth-order valence-corrected chi connectivity index (χ4v) is 2.90. The molecule has 3 heteroatoms. The van der Waals surface area contributed by atoms with Crippen LogP contribution < -0.4 is 15.4 Å². The number of benzene rings is 2. The fraction of sp³-hybridized carbons (Fsp3) is 0.294. The highest BCUT2D eigenvalue weighted by Gasteiger charge is 2.18. The summed E-state index contributed by atoms with van der Waals surface area (Å²) in [6, 6.07) is 14.4. The Hall–Kier alpha value is -2.16. The molecule has 1 aliphatic heterocycles. The maximum Gasteiger partial charge on any atom is 0.123 e. The first-order valence-corrected chi connectivity index (χ1v) is 7.03. The Morgan fingerprint density at radius 1 is 1.20 bits per heavy atom. The molecule has 2 aromatic rings. The number of anilines is 2. The van der Waals surface area contributed by atoms with Gasteiger partial charge in [-0.2, -0.15) is 0 Å². The van der Waals surface area contributed by atoms with Crippen LogP contribution in [0.5, 0.6) is 5.75 Å². The highest BCUT2D eigenvalue weighted by Crippen LogP contribution is 2.31. The molecule has 0 aromatic heterocycles. The van der Waals surface area contributed by atoms with Gasteiger partial charge in [0, 0.05) is 30.0 Å². The highest BCUT2D eigenvalue weighted by molar-refractivity contribution is 5.61. The normalized spacial score (nSPS) is 13.9. The number of fused-ring (bicyclic) bond motifs is 1. The van der Waals surface area contributed by atoms with Crippen LogP contribution in [-0.4, -0.2) is 13.7 Å². The lowest BCUT2D eigenvalue weighted by molar-refractivity contribution is 0.409. The molecule has 2 N–H and O–H groups in total. The Labute approximate surface area is 120 Å². The van der Waals surface area contributed by atoms with Crippen molar-refractivity contribution in [3.8, 4) is 5.75 Å². The van der Waals surface area contributed by atoms with Gasteiger partial charge in [0.15, 0.2) is 0 Å². The van der Waals surface area contributed by atoms with Crippen LogP contribution in [0.2, 0.25) is 0 Å². The molecular formula is C17H20N2O. The summed E-state index contributed by atoms with van der Waals surface area (Å²) in [5.41, 5.74) is 10.6. The summed E-state index contributed by atoms with van der Waals surface area (Å²) >= 11 is 0. The van der Waals surface area contributed by atoms with Crippen molar-refractivity contribution < 1.29 is 4.74 Å². The van der Waals surface area contributed by atoms with E-state index >= 15 is 0 Å². The molecule has 0 radical (unpaired) electrons. The average molecular weight is 268 g/mol. The maximum atomic E-state index is 5.89. The van der Waals surface area contributed by atoms with E-state index in [-0.39, 0.29) is 0 Å². The molecule has 0 fully saturated rings. The molecule has 0 atom stereocenters. The lowest BCUT2D eigenvalue weighted by atomic mass is 10.0. The van der Waals surface area contributed by atoms with Crippen molar-refractivity contribution in [2.45, 2.75) is 19.4 Å². The van der Waals surface area contributed by atoms with E-state index in [2.05, 4.69) is 29.2 Å². The molecule has 2 aromatic carbocycles. The predicted molar refractivity (Wildman–Crippen MR) is 83.2 cm³/mol. The molecule has 0 aliphatic carbocycles. The third-order valence-electron chi connectivity index (χ3n) is 3.87. The van der Waals surface area contributed by atoms with Gasteiger partial charge in [0.1, 0.15) is 5.75 Å². The summed E-state index contributed by atoms with van der Waals surface area (Å²) in [6.07, 6.45) is 2.29. The maximum absolute atomic E-state index is 5.89. The van der Waals surface area contributed by atoms with E-state index in [0.29, 0.717) is 0 Å². The number of para-hydroxylation sites is 1. The molecule has 1 heterocycles. The first kappa shape index (κ1) is 12.9. The molecule has 0 saturated heterocycles. The zero-order valence-electron chi connectivity index (χ0n) is 11.8. The number of nitrogens with zero attached hydrogens (tertiary/aromatic N) is 1. The van der Waals surface area contributed by atoms with E-state index in [4.69, 9.17) is 10.5 Å². The minimum absolute atomic E-state index is 0.850. The number of ether oxygens (including phenoxy) is 1. The second kappa shape index (κ2) is 5.45. The molecule has 1 aliphatic rings. The van der Waals surface area contributed by atoms with Crippen molar-refractivity contribution in [2.75, 3.05) is 24.3 Å². The standard InChI is InChI=1S/C17H20N2O/c1-20-17-7-3-2-5-14(17)12-19-10-4-6-13-11-15(18)8-9-16(13)19/h2-3,5,7-9,11H,4,6,10,12,18H2,1H3. The number of nitrogens with two attached hydrogens (primary N) is 1. The van der Waals surface area contributed by atoms with Gasteiger partial charge in [-0.1, -0.05) is 18.2 Å². The molecule has 0 saturated carbocycles. The van der Waals surface area contributed by atoms with Gasteiger partial charge < -0.3 is 15.4 Å². The van der Waals surface area contributed by atoms with Crippen LogP contribution in [0.3, 0.4) is 0 Å².